The van der Waals surface area contributed by atoms with Crippen LogP contribution in [0.25, 0.3) is 0 Å². The fourth-order valence-corrected chi connectivity index (χ4v) is 0.938. The van der Waals surface area contributed by atoms with Gasteiger partial charge in [0.25, 0.3) is 0 Å². The van der Waals surface area contributed by atoms with E-state index >= 15 is 0 Å². The fourth-order valence-electron chi connectivity index (χ4n) is 0.938. The second-order valence-electron chi connectivity index (χ2n) is 2.79. The van der Waals surface area contributed by atoms with Crippen LogP contribution in [0.15, 0.2) is 30.3 Å². The van der Waals surface area contributed by atoms with Gasteiger partial charge in [0.1, 0.15) is 6.11 Å². The summed E-state index contributed by atoms with van der Waals surface area (Å²) in [6.45, 7) is 2.79. The molecule has 0 amide bonds. The number of hydrogen-bond acceptors (Lipinski definition) is 1. The van der Waals surface area contributed by atoms with Gasteiger partial charge >= 0.3 is 0 Å². The Morgan fingerprint density at radius 1 is 1.23 bits per heavy atom. The topological polar surface area (TPSA) is 9.23 Å². The number of rotatable bonds is 3. The van der Waals surface area contributed by atoms with Crippen molar-refractivity contribution in [3.63, 3.8) is 0 Å². The lowest BCUT2D eigenvalue weighted by molar-refractivity contribution is 0.277. The molecule has 13 heavy (non-hydrogen) atoms. The first-order valence-electron chi connectivity index (χ1n) is 4.57. The summed E-state index contributed by atoms with van der Waals surface area (Å²) in [6.07, 6.45) is 4.47. The highest BCUT2D eigenvalue weighted by Crippen LogP contribution is 1.97. The fraction of sp³-hybridized carbons (Fsp3) is 0.333. The van der Waals surface area contributed by atoms with Crippen LogP contribution in [0.1, 0.15) is 18.9 Å². The molecule has 0 aromatic heterocycles. The van der Waals surface area contributed by atoms with Crippen molar-refractivity contribution >= 4 is 0 Å². The normalized spacial score (nSPS) is 8.69. The molecule has 0 aliphatic rings. The van der Waals surface area contributed by atoms with Crippen LogP contribution in [0.3, 0.4) is 0 Å². The summed E-state index contributed by atoms with van der Waals surface area (Å²) < 4.78 is 5.04. The van der Waals surface area contributed by atoms with Crippen molar-refractivity contribution in [3.8, 4) is 12.0 Å². The van der Waals surface area contributed by atoms with Gasteiger partial charge in [-0.05, 0) is 12.0 Å². The van der Waals surface area contributed by atoms with E-state index in [1.165, 1.54) is 5.56 Å². The van der Waals surface area contributed by atoms with Crippen LogP contribution in [0.4, 0.5) is 0 Å². The van der Waals surface area contributed by atoms with Crippen LogP contribution in [0.2, 0.25) is 0 Å². The zero-order valence-electron chi connectivity index (χ0n) is 7.92. The SMILES string of the molecule is CCCOC#CCc1ccccc1. The van der Waals surface area contributed by atoms with E-state index in [-0.39, 0.29) is 0 Å². The summed E-state index contributed by atoms with van der Waals surface area (Å²) in [5, 5.41) is 0. The summed E-state index contributed by atoms with van der Waals surface area (Å²) in [5.74, 6) is 2.96. The third-order valence-electron chi connectivity index (χ3n) is 1.59. The number of benzene rings is 1. The molecule has 0 spiro atoms. The van der Waals surface area contributed by atoms with Gasteiger partial charge < -0.3 is 4.74 Å². The molecule has 0 saturated carbocycles. The molecule has 0 aliphatic carbocycles. The molecular weight excluding hydrogens is 160 g/mol. The Hall–Kier alpha value is -1.42. The quantitative estimate of drug-likeness (QED) is 0.505. The van der Waals surface area contributed by atoms with Crippen molar-refractivity contribution in [1.82, 2.24) is 0 Å². The van der Waals surface area contributed by atoms with Crippen molar-refractivity contribution in [2.24, 2.45) is 0 Å². The maximum atomic E-state index is 5.04. The van der Waals surface area contributed by atoms with Gasteiger partial charge in [-0.25, -0.2) is 0 Å². The summed E-state index contributed by atoms with van der Waals surface area (Å²) >= 11 is 0. The van der Waals surface area contributed by atoms with Gasteiger partial charge in [0, 0.05) is 6.42 Å². The van der Waals surface area contributed by atoms with Crippen LogP contribution < -0.4 is 0 Å². The average Bonchev–Trinajstić information content (AvgIpc) is 2.19. The van der Waals surface area contributed by atoms with E-state index in [4.69, 9.17) is 4.74 Å². The second kappa shape index (κ2) is 6.14. The van der Waals surface area contributed by atoms with Crippen LogP contribution >= 0.6 is 0 Å². The molecule has 1 aromatic carbocycles. The van der Waals surface area contributed by atoms with Gasteiger partial charge in [-0.2, -0.15) is 0 Å². The summed E-state index contributed by atoms with van der Waals surface area (Å²) in [4.78, 5) is 0. The van der Waals surface area contributed by atoms with Crippen LogP contribution in [-0.4, -0.2) is 6.61 Å². The highest BCUT2D eigenvalue weighted by atomic mass is 16.5. The summed E-state index contributed by atoms with van der Waals surface area (Å²) in [7, 11) is 0. The smallest absolute Gasteiger partial charge is 0.110 e. The monoisotopic (exact) mass is 174 g/mol. The van der Waals surface area contributed by atoms with Gasteiger partial charge in [0.05, 0.1) is 6.61 Å². The zero-order valence-corrected chi connectivity index (χ0v) is 7.92. The van der Waals surface area contributed by atoms with Crippen molar-refractivity contribution in [2.45, 2.75) is 19.8 Å². The maximum absolute atomic E-state index is 5.04. The largest absolute Gasteiger partial charge is 0.447 e. The van der Waals surface area contributed by atoms with Gasteiger partial charge in [0.15, 0.2) is 0 Å². The van der Waals surface area contributed by atoms with E-state index in [0.717, 1.165) is 19.4 Å². The Morgan fingerprint density at radius 3 is 2.69 bits per heavy atom. The van der Waals surface area contributed by atoms with Crippen molar-refractivity contribution in [3.05, 3.63) is 35.9 Å². The summed E-state index contributed by atoms with van der Waals surface area (Å²) in [6, 6.07) is 10.2. The lowest BCUT2D eigenvalue weighted by Gasteiger charge is -1.92. The Labute approximate surface area is 79.7 Å². The van der Waals surface area contributed by atoms with E-state index in [1.807, 2.05) is 18.2 Å². The zero-order chi connectivity index (χ0) is 9.36. The van der Waals surface area contributed by atoms with Crippen molar-refractivity contribution in [1.29, 1.82) is 0 Å². The Morgan fingerprint density at radius 2 is 2.00 bits per heavy atom. The molecule has 1 nitrogen and oxygen atoms in total. The minimum absolute atomic E-state index is 0.724. The predicted octanol–water partition coefficient (Wildman–Crippen LogP) is 2.62. The highest BCUT2D eigenvalue weighted by molar-refractivity contribution is 5.19. The van der Waals surface area contributed by atoms with Crippen LogP contribution in [0.5, 0.6) is 0 Å². The minimum atomic E-state index is 0.724. The second-order valence-corrected chi connectivity index (χ2v) is 2.79. The molecule has 1 aromatic rings. The molecule has 0 atom stereocenters. The molecule has 0 heterocycles. The van der Waals surface area contributed by atoms with Gasteiger partial charge in [0.2, 0.25) is 0 Å². The lowest BCUT2D eigenvalue weighted by Crippen LogP contribution is -1.84. The molecule has 0 bridgehead atoms. The molecule has 0 radical (unpaired) electrons. The molecule has 0 fully saturated rings. The molecule has 0 unspecified atom stereocenters. The van der Waals surface area contributed by atoms with Gasteiger partial charge in [-0.15, -0.1) is 0 Å². The molecule has 0 saturated heterocycles. The first-order valence-corrected chi connectivity index (χ1v) is 4.57. The summed E-state index contributed by atoms with van der Waals surface area (Å²) in [5.41, 5.74) is 1.23. The maximum Gasteiger partial charge on any atom is 0.110 e. The highest BCUT2D eigenvalue weighted by Gasteiger charge is 1.84. The standard InChI is InChI=1S/C12H14O/c1-2-10-13-11-6-9-12-7-4-3-5-8-12/h3-5,7-8H,2,9-10H2,1H3. The first-order chi connectivity index (χ1) is 6.43. The molecule has 68 valence electrons. The van der Waals surface area contributed by atoms with E-state index in [1.54, 1.807) is 0 Å². The first kappa shape index (κ1) is 9.67. The molecule has 1 rings (SSSR count). The van der Waals surface area contributed by atoms with Crippen molar-refractivity contribution < 1.29 is 4.74 Å². The molecular formula is C12H14O. The Kier molecular flexibility index (Phi) is 4.56. The average molecular weight is 174 g/mol. The van der Waals surface area contributed by atoms with Crippen LogP contribution in [-0.2, 0) is 11.2 Å². The Balaban J connectivity index is 2.29. The lowest BCUT2D eigenvalue weighted by atomic mass is 10.2. The predicted molar refractivity (Wildman–Crippen MR) is 54.2 cm³/mol. The molecule has 0 aliphatic heterocycles. The van der Waals surface area contributed by atoms with Crippen molar-refractivity contribution in [2.75, 3.05) is 6.61 Å². The van der Waals surface area contributed by atoms with E-state index in [9.17, 15) is 0 Å². The molecule has 1 heteroatoms. The van der Waals surface area contributed by atoms with Gasteiger partial charge in [-0.1, -0.05) is 43.2 Å². The molecule has 0 N–H and O–H groups in total. The van der Waals surface area contributed by atoms with Gasteiger partial charge in [-0.3, -0.25) is 0 Å². The van der Waals surface area contributed by atoms with E-state index in [0.29, 0.717) is 0 Å². The number of hydrogen-bond donors (Lipinski definition) is 0. The number of ether oxygens (including phenoxy) is 1. The van der Waals surface area contributed by atoms with E-state index < -0.39 is 0 Å². The third kappa shape index (κ3) is 4.22. The Bertz CT molecular complexity index is 279. The minimum Gasteiger partial charge on any atom is -0.447 e. The third-order valence-corrected chi connectivity index (χ3v) is 1.59. The van der Waals surface area contributed by atoms with E-state index in [2.05, 4.69) is 31.1 Å². The van der Waals surface area contributed by atoms with Crippen LogP contribution in [0, 0.1) is 12.0 Å².